The predicted octanol–water partition coefficient (Wildman–Crippen LogP) is 2.54. The van der Waals surface area contributed by atoms with Gasteiger partial charge in [0.15, 0.2) is 0 Å². The molecule has 1 aliphatic rings. The summed E-state index contributed by atoms with van der Waals surface area (Å²) in [5.74, 6) is 2.64. The predicted molar refractivity (Wildman–Crippen MR) is 68.7 cm³/mol. The molecule has 0 saturated heterocycles. The summed E-state index contributed by atoms with van der Waals surface area (Å²) in [6.45, 7) is 7.06. The summed E-state index contributed by atoms with van der Waals surface area (Å²) in [7, 11) is 0. The normalized spacial score (nSPS) is 18.6. The minimum absolute atomic E-state index is 0.0188. The molecule has 1 aromatic rings. The molecule has 1 saturated carbocycles. The Morgan fingerprint density at radius 1 is 1.18 bits per heavy atom. The molecule has 0 atom stereocenters. The fourth-order valence-electron chi connectivity index (χ4n) is 2.82. The summed E-state index contributed by atoms with van der Waals surface area (Å²) >= 11 is 0. The molecule has 0 amide bonds. The molecular formula is C13H24N4. The summed E-state index contributed by atoms with van der Waals surface area (Å²) < 4.78 is 2.25. The van der Waals surface area contributed by atoms with Crippen molar-refractivity contribution in [2.24, 2.45) is 5.73 Å². The molecular weight excluding hydrogens is 212 g/mol. The van der Waals surface area contributed by atoms with E-state index in [1.165, 1.54) is 32.1 Å². The van der Waals surface area contributed by atoms with Gasteiger partial charge in [0.05, 0.1) is 6.54 Å². The molecule has 4 heteroatoms. The number of nitrogens with zero attached hydrogens (tertiary/aromatic N) is 3. The van der Waals surface area contributed by atoms with Gasteiger partial charge in [-0.25, -0.2) is 0 Å². The van der Waals surface area contributed by atoms with E-state index >= 15 is 0 Å². The topological polar surface area (TPSA) is 56.7 Å². The van der Waals surface area contributed by atoms with E-state index in [-0.39, 0.29) is 5.54 Å². The van der Waals surface area contributed by atoms with E-state index in [2.05, 4.69) is 35.5 Å². The number of rotatable bonds is 2. The lowest BCUT2D eigenvalue weighted by atomic mass is 9.88. The smallest absolute Gasteiger partial charge is 0.147 e. The van der Waals surface area contributed by atoms with Gasteiger partial charge in [-0.05, 0) is 33.6 Å². The molecule has 0 spiro atoms. The zero-order valence-corrected chi connectivity index (χ0v) is 11.2. The fourth-order valence-corrected chi connectivity index (χ4v) is 2.82. The fraction of sp³-hybridized carbons (Fsp3) is 0.846. The molecule has 17 heavy (non-hydrogen) atoms. The van der Waals surface area contributed by atoms with Gasteiger partial charge in [0, 0.05) is 11.5 Å². The van der Waals surface area contributed by atoms with Crippen LogP contribution in [0.1, 0.15) is 70.4 Å². The van der Waals surface area contributed by atoms with Crippen molar-refractivity contribution in [2.75, 3.05) is 0 Å². The molecule has 0 radical (unpaired) electrons. The molecule has 1 heterocycles. The minimum atomic E-state index is 0.0188. The van der Waals surface area contributed by atoms with Crippen LogP contribution in [0, 0.1) is 0 Å². The van der Waals surface area contributed by atoms with Crippen molar-refractivity contribution in [2.45, 2.75) is 70.9 Å². The highest BCUT2D eigenvalue weighted by Gasteiger charge is 2.28. The second-order valence-electron chi connectivity index (χ2n) is 6.02. The summed E-state index contributed by atoms with van der Waals surface area (Å²) in [5.41, 5.74) is 5.79. The maximum Gasteiger partial charge on any atom is 0.147 e. The highest BCUT2D eigenvalue weighted by Crippen LogP contribution is 2.34. The highest BCUT2D eigenvalue weighted by atomic mass is 15.3. The van der Waals surface area contributed by atoms with Gasteiger partial charge in [-0.2, -0.15) is 0 Å². The maximum absolute atomic E-state index is 5.77. The van der Waals surface area contributed by atoms with Gasteiger partial charge in [-0.1, -0.05) is 19.3 Å². The van der Waals surface area contributed by atoms with Gasteiger partial charge in [-0.15, -0.1) is 10.2 Å². The third-order valence-electron chi connectivity index (χ3n) is 3.58. The first-order valence-corrected chi connectivity index (χ1v) is 6.69. The van der Waals surface area contributed by atoms with Crippen molar-refractivity contribution in [3.05, 3.63) is 11.6 Å². The molecule has 1 aromatic heterocycles. The van der Waals surface area contributed by atoms with Crippen molar-refractivity contribution in [1.82, 2.24) is 14.8 Å². The Hall–Kier alpha value is -0.900. The van der Waals surface area contributed by atoms with Crippen molar-refractivity contribution in [3.63, 3.8) is 0 Å². The van der Waals surface area contributed by atoms with Crippen molar-refractivity contribution < 1.29 is 0 Å². The van der Waals surface area contributed by atoms with E-state index in [1.54, 1.807) is 0 Å². The van der Waals surface area contributed by atoms with Gasteiger partial charge in [0.2, 0.25) is 0 Å². The third-order valence-corrected chi connectivity index (χ3v) is 3.58. The average Bonchev–Trinajstić information content (AvgIpc) is 2.73. The van der Waals surface area contributed by atoms with Crippen LogP contribution in [0.3, 0.4) is 0 Å². The van der Waals surface area contributed by atoms with Crippen LogP contribution in [0.5, 0.6) is 0 Å². The van der Waals surface area contributed by atoms with Crippen molar-refractivity contribution in [1.29, 1.82) is 0 Å². The summed E-state index contributed by atoms with van der Waals surface area (Å²) in [5, 5.41) is 8.67. The first-order chi connectivity index (χ1) is 8.04. The molecule has 0 aliphatic heterocycles. The Bertz CT molecular complexity index is 369. The first-order valence-electron chi connectivity index (χ1n) is 6.69. The second-order valence-corrected chi connectivity index (χ2v) is 6.02. The maximum atomic E-state index is 5.77. The Balaban J connectivity index is 2.36. The van der Waals surface area contributed by atoms with Crippen molar-refractivity contribution >= 4 is 0 Å². The number of hydrogen-bond acceptors (Lipinski definition) is 3. The van der Waals surface area contributed by atoms with Crippen LogP contribution in [-0.2, 0) is 12.1 Å². The molecule has 96 valence electrons. The SMILES string of the molecule is CC(C)(C)n1c(CN)nnc1C1CCCCC1. The lowest BCUT2D eigenvalue weighted by Crippen LogP contribution is -2.29. The molecule has 1 fully saturated rings. The van der Waals surface area contributed by atoms with E-state index in [0.29, 0.717) is 12.5 Å². The Morgan fingerprint density at radius 2 is 1.82 bits per heavy atom. The van der Waals surface area contributed by atoms with E-state index in [1.807, 2.05) is 0 Å². The van der Waals surface area contributed by atoms with E-state index in [0.717, 1.165) is 11.6 Å². The van der Waals surface area contributed by atoms with Crippen molar-refractivity contribution in [3.8, 4) is 0 Å². The zero-order chi connectivity index (χ0) is 12.5. The van der Waals surface area contributed by atoms with Gasteiger partial charge < -0.3 is 10.3 Å². The van der Waals surface area contributed by atoms with E-state index in [4.69, 9.17) is 5.73 Å². The minimum Gasteiger partial charge on any atom is -0.324 e. The largest absolute Gasteiger partial charge is 0.324 e. The molecule has 2 rings (SSSR count). The van der Waals surface area contributed by atoms with E-state index < -0.39 is 0 Å². The Labute approximate surface area is 104 Å². The molecule has 0 aromatic carbocycles. The van der Waals surface area contributed by atoms with E-state index in [9.17, 15) is 0 Å². The van der Waals surface area contributed by atoms with Gasteiger partial charge >= 0.3 is 0 Å². The monoisotopic (exact) mass is 236 g/mol. The Morgan fingerprint density at radius 3 is 2.35 bits per heavy atom. The molecule has 1 aliphatic carbocycles. The van der Waals surface area contributed by atoms with Crippen LogP contribution in [0.2, 0.25) is 0 Å². The number of hydrogen-bond donors (Lipinski definition) is 1. The van der Waals surface area contributed by atoms with Crippen LogP contribution < -0.4 is 5.73 Å². The lowest BCUT2D eigenvalue weighted by Gasteiger charge is -2.29. The highest BCUT2D eigenvalue weighted by molar-refractivity contribution is 5.07. The number of aromatic nitrogens is 3. The van der Waals surface area contributed by atoms with Gasteiger partial charge in [0.25, 0.3) is 0 Å². The molecule has 0 unspecified atom stereocenters. The average molecular weight is 236 g/mol. The van der Waals surface area contributed by atoms with Gasteiger partial charge in [-0.3, -0.25) is 0 Å². The van der Waals surface area contributed by atoms with Crippen LogP contribution >= 0.6 is 0 Å². The summed E-state index contributed by atoms with van der Waals surface area (Å²) in [6, 6.07) is 0. The molecule has 4 nitrogen and oxygen atoms in total. The summed E-state index contributed by atoms with van der Waals surface area (Å²) in [4.78, 5) is 0. The lowest BCUT2D eigenvalue weighted by molar-refractivity contribution is 0.337. The standard InChI is InChI=1S/C13H24N4/c1-13(2,3)17-11(9-14)15-16-12(17)10-7-5-4-6-8-10/h10H,4-9,14H2,1-3H3. The van der Waals surface area contributed by atoms with Gasteiger partial charge in [0.1, 0.15) is 11.6 Å². The molecule has 0 bridgehead atoms. The first kappa shape index (κ1) is 12.6. The molecule has 2 N–H and O–H groups in total. The summed E-state index contributed by atoms with van der Waals surface area (Å²) in [6.07, 6.45) is 6.50. The number of nitrogens with two attached hydrogens (primary N) is 1. The third kappa shape index (κ3) is 2.51. The Kier molecular flexibility index (Phi) is 3.52. The second kappa shape index (κ2) is 4.77. The zero-order valence-electron chi connectivity index (χ0n) is 11.2. The van der Waals surface area contributed by atoms with Crippen LogP contribution in [0.4, 0.5) is 0 Å². The van der Waals surface area contributed by atoms with Crippen LogP contribution in [0.25, 0.3) is 0 Å². The quantitative estimate of drug-likeness (QED) is 0.858. The van der Waals surface area contributed by atoms with Crippen LogP contribution in [0.15, 0.2) is 0 Å². The van der Waals surface area contributed by atoms with Crippen LogP contribution in [-0.4, -0.2) is 14.8 Å².